The molecule has 43 heavy (non-hydrogen) atoms. The van der Waals surface area contributed by atoms with Crippen LogP contribution >= 0.6 is 12.4 Å². The zero-order valence-electron chi connectivity index (χ0n) is 25.2. The lowest BCUT2D eigenvalue weighted by molar-refractivity contribution is 0.0535. The number of benzene rings is 2. The highest BCUT2D eigenvalue weighted by atomic mass is 35.5. The highest BCUT2D eigenvalue weighted by Crippen LogP contribution is 2.40. The summed E-state index contributed by atoms with van der Waals surface area (Å²) in [5.74, 6) is 1.48. The highest BCUT2D eigenvalue weighted by molar-refractivity contribution is 5.96. The number of hydrogen-bond donors (Lipinski definition) is 2. The third-order valence-corrected chi connectivity index (χ3v) is 9.49. The summed E-state index contributed by atoms with van der Waals surface area (Å²) in [7, 11) is 0. The molecular formula is C33H45ClFN5O3. The molecule has 2 amide bonds. The van der Waals surface area contributed by atoms with Gasteiger partial charge in [0.05, 0.1) is 0 Å². The van der Waals surface area contributed by atoms with Gasteiger partial charge in [0.15, 0.2) is 0 Å². The molecular weight excluding hydrogens is 569 g/mol. The smallest absolute Gasteiger partial charge is 0.254 e. The van der Waals surface area contributed by atoms with E-state index >= 15 is 0 Å². The summed E-state index contributed by atoms with van der Waals surface area (Å²) in [6.45, 7) is 9.15. The Morgan fingerprint density at radius 2 is 1.47 bits per heavy atom. The second kappa shape index (κ2) is 14.3. The van der Waals surface area contributed by atoms with Crippen LogP contribution in [0.3, 0.4) is 0 Å². The van der Waals surface area contributed by atoms with Gasteiger partial charge in [-0.05, 0) is 79.6 Å². The van der Waals surface area contributed by atoms with Crippen molar-refractivity contribution >= 4 is 29.9 Å². The number of ether oxygens (including phenoxy) is 1. The van der Waals surface area contributed by atoms with E-state index in [-0.39, 0.29) is 30.3 Å². The third kappa shape index (κ3) is 7.44. The summed E-state index contributed by atoms with van der Waals surface area (Å²) in [5, 5.41) is 6.68. The predicted molar refractivity (Wildman–Crippen MR) is 169 cm³/mol. The molecule has 0 spiro atoms. The molecule has 4 fully saturated rings. The fraction of sp³-hybridized carbons (Fsp3) is 0.576. The first-order chi connectivity index (χ1) is 20.4. The van der Waals surface area contributed by atoms with Gasteiger partial charge in [-0.1, -0.05) is 19.8 Å². The summed E-state index contributed by atoms with van der Waals surface area (Å²) in [6.07, 6.45) is 5.81. The van der Waals surface area contributed by atoms with E-state index in [0.29, 0.717) is 43.2 Å². The summed E-state index contributed by atoms with van der Waals surface area (Å²) < 4.78 is 21.0. The molecule has 3 saturated heterocycles. The largest absolute Gasteiger partial charge is 0.489 e. The summed E-state index contributed by atoms with van der Waals surface area (Å²) in [5.41, 5.74) is 2.96. The molecule has 2 aromatic rings. The Hall–Kier alpha value is -2.88. The quantitative estimate of drug-likeness (QED) is 0.506. The Kier molecular flexibility index (Phi) is 10.5. The topological polar surface area (TPSA) is 77.2 Å². The normalized spacial score (nSPS) is 24.4. The van der Waals surface area contributed by atoms with Gasteiger partial charge in [0, 0.05) is 75.7 Å². The Balaban J connectivity index is 0.00000368. The summed E-state index contributed by atoms with van der Waals surface area (Å²) in [6, 6.07) is 10.6. The molecule has 4 aliphatic rings. The zero-order valence-corrected chi connectivity index (χ0v) is 26.0. The molecule has 0 unspecified atom stereocenters. The van der Waals surface area contributed by atoms with E-state index in [9.17, 15) is 14.0 Å². The van der Waals surface area contributed by atoms with E-state index in [0.717, 1.165) is 75.9 Å². The van der Waals surface area contributed by atoms with Gasteiger partial charge in [0.1, 0.15) is 17.7 Å². The van der Waals surface area contributed by atoms with Gasteiger partial charge >= 0.3 is 0 Å². The number of anilines is 1. The number of nitrogens with zero attached hydrogens (tertiary/aromatic N) is 3. The van der Waals surface area contributed by atoms with E-state index in [4.69, 9.17) is 4.74 Å². The molecule has 1 aliphatic carbocycles. The van der Waals surface area contributed by atoms with Gasteiger partial charge in [0.25, 0.3) is 11.8 Å². The van der Waals surface area contributed by atoms with Crippen molar-refractivity contribution in [1.82, 2.24) is 20.4 Å². The van der Waals surface area contributed by atoms with Gasteiger partial charge < -0.3 is 30.1 Å². The van der Waals surface area contributed by atoms with Crippen LogP contribution in [0, 0.1) is 11.7 Å². The van der Waals surface area contributed by atoms with Crippen molar-refractivity contribution in [3.63, 3.8) is 0 Å². The van der Waals surface area contributed by atoms with E-state index in [1.807, 2.05) is 17.0 Å². The molecule has 6 rings (SSSR count). The van der Waals surface area contributed by atoms with Crippen molar-refractivity contribution in [3.8, 4) is 5.75 Å². The predicted octanol–water partition coefficient (Wildman–Crippen LogP) is 4.29. The van der Waals surface area contributed by atoms with E-state index in [1.165, 1.54) is 30.5 Å². The fourth-order valence-electron chi connectivity index (χ4n) is 6.87. The molecule has 10 heteroatoms. The third-order valence-electron chi connectivity index (χ3n) is 9.49. The minimum absolute atomic E-state index is 0. The number of piperazine rings is 2. The van der Waals surface area contributed by atoms with Crippen LogP contribution in [-0.4, -0.2) is 93.2 Å². The molecule has 0 bridgehead atoms. The molecule has 234 valence electrons. The van der Waals surface area contributed by atoms with E-state index in [1.54, 1.807) is 11.0 Å². The Morgan fingerprint density at radius 3 is 2.12 bits per heavy atom. The van der Waals surface area contributed by atoms with Crippen LogP contribution in [0.1, 0.15) is 71.2 Å². The van der Waals surface area contributed by atoms with Gasteiger partial charge in [-0.3, -0.25) is 9.59 Å². The highest BCUT2D eigenvalue weighted by Gasteiger charge is 2.29. The second-order valence-electron chi connectivity index (χ2n) is 12.5. The lowest BCUT2D eigenvalue weighted by Gasteiger charge is -2.35. The average molecular weight is 614 g/mol. The van der Waals surface area contributed by atoms with E-state index < -0.39 is 5.82 Å². The van der Waals surface area contributed by atoms with Crippen LogP contribution in [-0.2, 0) is 0 Å². The first kappa shape index (κ1) is 31.5. The lowest BCUT2D eigenvalue weighted by Crippen LogP contribution is -2.50. The van der Waals surface area contributed by atoms with Crippen LogP contribution in [0.25, 0.3) is 0 Å². The van der Waals surface area contributed by atoms with Gasteiger partial charge in [-0.15, -0.1) is 12.4 Å². The molecule has 0 aromatic heterocycles. The number of amides is 2. The molecule has 0 radical (unpaired) electrons. The first-order valence-corrected chi connectivity index (χ1v) is 15.8. The van der Waals surface area contributed by atoms with Crippen molar-refractivity contribution in [1.29, 1.82) is 0 Å². The zero-order chi connectivity index (χ0) is 29.1. The molecule has 1 atom stereocenters. The molecule has 3 aliphatic heterocycles. The van der Waals surface area contributed by atoms with Crippen LogP contribution in [0.2, 0.25) is 0 Å². The minimum atomic E-state index is -0.400. The van der Waals surface area contributed by atoms with E-state index in [2.05, 4.69) is 28.5 Å². The van der Waals surface area contributed by atoms with Crippen molar-refractivity contribution in [2.75, 3.05) is 70.3 Å². The van der Waals surface area contributed by atoms with Gasteiger partial charge in [-0.2, -0.15) is 0 Å². The summed E-state index contributed by atoms with van der Waals surface area (Å²) in [4.78, 5) is 32.7. The Bertz CT molecular complexity index is 1270. The van der Waals surface area contributed by atoms with Gasteiger partial charge in [-0.25, -0.2) is 4.39 Å². The maximum atomic E-state index is 14.5. The number of carbonyl (C=O) groups excluding carboxylic acids is 2. The molecule has 1 saturated carbocycles. The van der Waals surface area contributed by atoms with Crippen LogP contribution in [0.5, 0.6) is 5.75 Å². The Morgan fingerprint density at radius 1 is 0.791 bits per heavy atom. The van der Waals surface area contributed by atoms with Gasteiger partial charge in [0.2, 0.25) is 0 Å². The maximum absolute atomic E-state index is 14.5. The monoisotopic (exact) mass is 613 g/mol. The number of nitrogens with one attached hydrogen (secondary N) is 2. The first-order valence-electron chi connectivity index (χ1n) is 15.8. The standard InChI is InChI=1S/C33H44FN5O3.ClH/c1-23-2-4-24(5-3-23)30-20-25(6-7-31(30)42-29-8-9-36-22-29)32(40)38-14-16-39(17-15-38)33(41)26-18-27(34)21-28(19-26)37-12-10-35-11-13-37;/h6-7,18-21,23-24,29,35-36H,2-5,8-17,22H2,1H3;1H/t23?,24?,29-;/m0./s1. The van der Waals surface area contributed by atoms with Crippen LogP contribution in [0.4, 0.5) is 10.1 Å². The number of rotatable bonds is 6. The van der Waals surface area contributed by atoms with Crippen molar-refractivity contribution in [2.24, 2.45) is 5.92 Å². The Labute approximate surface area is 260 Å². The maximum Gasteiger partial charge on any atom is 0.254 e. The number of carbonyl (C=O) groups is 2. The van der Waals surface area contributed by atoms with Crippen LogP contribution < -0.4 is 20.3 Å². The molecule has 2 aromatic carbocycles. The molecule has 2 N–H and O–H groups in total. The van der Waals surface area contributed by atoms with Crippen molar-refractivity contribution in [2.45, 2.75) is 51.0 Å². The second-order valence-corrected chi connectivity index (χ2v) is 12.5. The number of hydrogen-bond acceptors (Lipinski definition) is 6. The van der Waals surface area contributed by atoms with Crippen molar-refractivity contribution in [3.05, 3.63) is 58.9 Å². The minimum Gasteiger partial charge on any atom is -0.489 e. The number of halogens is 2. The summed E-state index contributed by atoms with van der Waals surface area (Å²) >= 11 is 0. The lowest BCUT2D eigenvalue weighted by atomic mass is 9.79. The average Bonchev–Trinajstić information content (AvgIpc) is 3.54. The molecule has 3 heterocycles. The fourth-order valence-corrected chi connectivity index (χ4v) is 6.87. The van der Waals surface area contributed by atoms with Crippen LogP contribution in [0.15, 0.2) is 36.4 Å². The SMILES string of the molecule is CC1CCC(c2cc(C(=O)N3CCN(C(=O)c4cc(F)cc(N5CCNCC5)c4)CC3)ccc2O[C@H]2CCNC2)CC1.Cl. The molecule has 8 nitrogen and oxygen atoms in total. The van der Waals surface area contributed by atoms with Crippen molar-refractivity contribution < 1.29 is 18.7 Å².